The maximum absolute atomic E-state index is 7.57. The molecule has 9 aromatic carbocycles. The van der Waals surface area contributed by atoms with E-state index >= 15 is 0 Å². The molecule has 0 N–H and O–H groups in total. The zero-order valence-corrected chi connectivity index (χ0v) is 48.2. The summed E-state index contributed by atoms with van der Waals surface area (Å²) in [6, 6.07) is 78.9. The van der Waals surface area contributed by atoms with Crippen molar-refractivity contribution in [3.8, 4) is 17.0 Å². The highest BCUT2D eigenvalue weighted by Crippen LogP contribution is 2.64. The first-order valence-corrected chi connectivity index (χ1v) is 29.8. The van der Waals surface area contributed by atoms with Crippen molar-refractivity contribution in [2.75, 3.05) is 9.80 Å². The maximum atomic E-state index is 7.57. The highest BCUT2D eigenvalue weighted by atomic mass is 16.5. The number of pyridine rings is 2. The van der Waals surface area contributed by atoms with Crippen LogP contribution in [0.3, 0.4) is 0 Å². The second kappa shape index (κ2) is 18.8. The van der Waals surface area contributed by atoms with Crippen LogP contribution >= 0.6 is 0 Å². The molecule has 3 unspecified atom stereocenters. The highest BCUT2D eigenvalue weighted by molar-refractivity contribution is 6.23. The normalized spacial score (nSPS) is 17.1. The van der Waals surface area contributed by atoms with Gasteiger partial charge in [-0.15, -0.1) is 0 Å². The third-order valence-electron chi connectivity index (χ3n) is 18.7. The third-order valence-corrected chi connectivity index (χ3v) is 18.7. The first-order chi connectivity index (χ1) is 40.9. The topological polar surface area (TPSA) is 67.8 Å². The summed E-state index contributed by atoms with van der Waals surface area (Å²) in [7, 11) is 0. The number of nitrogens with zero attached hydrogens (tertiary/aromatic N) is 4. The summed E-state index contributed by atoms with van der Waals surface area (Å²) in [4.78, 5) is 14.5. The van der Waals surface area contributed by atoms with Crippen molar-refractivity contribution in [1.29, 1.82) is 0 Å². The molecule has 2 aliphatic carbocycles. The number of rotatable bonds is 8. The van der Waals surface area contributed by atoms with Gasteiger partial charge in [-0.2, -0.15) is 0 Å². The molecule has 0 saturated heterocycles. The molecule has 0 bridgehead atoms. The van der Waals surface area contributed by atoms with Crippen LogP contribution in [0.15, 0.2) is 234 Å². The maximum Gasteiger partial charge on any atom is 0.227 e. The first kappa shape index (κ1) is 50.3. The standard InChI is InChI=1S/C77H64N4O3/c1-75(2,3)47-29-33-51(34-30-47)80(53-37-39-56-59-26-17-41-78-73(59)83-67(56)43-53)64-45-62-69(58-24-14-13-23-55(58)64)71-63(77(62,49-19-9-7-10-20-49)50-21-11-8-12-22-50)46-65(70-61-25-15-16-28-66(61)82-72(70)71)81(52-35-31-48(32-36-52)76(4,5)6)54-38-40-57-60-27-18-42-79-74(60)84-68(57)44-54/h7-36,38,40-42,44-46,53,56,67H,37,39,43H2,1-6H3. The number of benzene rings is 9. The van der Waals surface area contributed by atoms with E-state index in [0.717, 1.165) is 97.3 Å². The summed E-state index contributed by atoms with van der Waals surface area (Å²) in [5.74, 6) is 1.09. The van der Waals surface area contributed by atoms with Gasteiger partial charge in [-0.3, -0.25) is 0 Å². The van der Waals surface area contributed by atoms with E-state index in [9.17, 15) is 0 Å². The summed E-state index contributed by atoms with van der Waals surface area (Å²) in [5, 5.41) is 6.45. The summed E-state index contributed by atoms with van der Waals surface area (Å²) in [5.41, 5.74) is 18.2. The van der Waals surface area contributed by atoms with Crippen LogP contribution in [0.25, 0.3) is 65.9 Å². The molecule has 1 saturated carbocycles. The van der Waals surface area contributed by atoms with E-state index in [2.05, 4.69) is 263 Å². The molecule has 1 aliphatic heterocycles. The van der Waals surface area contributed by atoms with Crippen molar-refractivity contribution in [3.63, 3.8) is 0 Å². The molecule has 410 valence electrons. The minimum atomic E-state index is -0.856. The van der Waals surface area contributed by atoms with Crippen LogP contribution in [-0.4, -0.2) is 22.1 Å². The molecule has 3 atom stereocenters. The van der Waals surface area contributed by atoms with Gasteiger partial charge in [0.1, 0.15) is 22.9 Å². The smallest absolute Gasteiger partial charge is 0.227 e. The number of hydrogen-bond donors (Lipinski definition) is 0. The molecule has 3 aliphatic rings. The fourth-order valence-electron chi connectivity index (χ4n) is 14.7. The molecule has 16 rings (SSSR count). The number of furan rings is 2. The van der Waals surface area contributed by atoms with E-state index < -0.39 is 5.41 Å². The molecular formula is C77H64N4O3. The molecular weight excluding hydrogens is 1030 g/mol. The summed E-state index contributed by atoms with van der Waals surface area (Å²) in [6.45, 7) is 13.7. The first-order valence-electron chi connectivity index (χ1n) is 29.8. The number of ether oxygens (including phenoxy) is 1. The van der Waals surface area contributed by atoms with Gasteiger partial charge in [-0.1, -0.05) is 175 Å². The Bertz CT molecular complexity index is 4680. The summed E-state index contributed by atoms with van der Waals surface area (Å²) >= 11 is 0. The fraction of sp³-hybridized carbons (Fsp3) is 0.195. The Hall–Kier alpha value is -9.46. The zero-order chi connectivity index (χ0) is 56.6. The summed E-state index contributed by atoms with van der Waals surface area (Å²) < 4.78 is 21.0. The van der Waals surface area contributed by atoms with E-state index in [4.69, 9.17) is 18.6 Å². The Balaban J connectivity index is 1.01. The van der Waals surface area contributed by atoms with Gasteiger partial charge in [0, 0.05) is 92.3 Å². The lowest BCUT2D eigenvalue weighted by atomic mass is 9.67. The quantitative estimate of drug-likeness (QED) is 0.150. The lowest BCUT2D eigenvalue weighted by molar-refractivity contribution is 0.148. The Kier molecular flexibility index (Phi) is 11.2. The molecule has 0 amide bonds. The molecule has 13 aromatic rings. The Morgan fingerprint density at radius 3 is 1.79 bits per heavy atom. The predicted octanol–water partition coefficient (Wildman–Crippen LogP) is 20.1. The van der Waals surface area contributed by atoms with Crippen molar-refractivity contribution in [1.82, 2.24) is 9.97 Å². The number of anilines is 5. The SMILES string of the molecule is CC(C)(C)c1ccc(N(c2ccc3c(c2)oc2ncccc23)c2cc3c(c4oc5ccccc5c24)-c2c(cc(N(c4ccc(C(C)(C)C)cc4)C4CCC5c6cccnc6OC5C4)c4ccccc24)C3(c2ccccc2)c2ccccc2)cc1. The van der Waals surface area contributed by atoms with E-state index in [0.29, 0.717) is 11.6 Å². The Morgan fingerprint density at radius 1 is 0.476 bits per heavy atom. The predicted molar refractivity (Wildman–Crippen MR) is 343 cm³/mol. The van der Waals surface area contributed by atoms with Crippen molar-refractivity contribution in [3.05, 3.63) is 264 Å². The van der Waals surface area contributed by atoms with E-state index in [1.165, 1.54) is 55.4 Å². The third kappa shape index (κ3) is 7.63. The molecule has 84 heavy (non-hydrogen) atoms. The van der Waals surface area contributed by atoms with Crippen LogP contribution in [0.1, 0.15) is 106 Å². The Labute approximate surface area is 489 Å². The van der Waals surface area contributed by atoms with Crippen LogP contribution in [0.2, 0.25) is 0 Å². The van der Waals surface area contributed by atoms with Gasteiger partial charge >= 0.3 is 0 Å². The van der Waals surface area contributed by atoms with Crippen molar-refractivity contribution in [2.45, 2.75) is 95.1 Å². The lowest BCUT2D eigenvalue weighted by Gasteiger charge is -2.41. The molecule has 0 spiro atoms. The molecule has 5 heterocycles. The monoisotopic (exact) mass is 1090 g/mol. The molecule has 0 radical (unpaired) electrons. The summed E-state index contributed by atoms with van der Waals surface area (Å²) in [6.07, 6.45) is 6.50. The average Bonchev–Trinajstić information content (AvgIpc) is 1.57. The number of para-hydroxylation sites is 1. The van der Waals surface area contributed by atoms with Crippen molar-refractivity contribution >= 4 is 83.2 Å². The van der Waals surface area contributed by atoms with Gasteiger partial charge in [0.2, 0.25) is 11.6 Å². The van der Waals surface area contributed by atoms with Gasteiger partial charge in [-0.05, 0) is 141 Å². The van der Waals surface area contributed by atoms with Gasteiger partial charge in [0.15, 0.2) is 0 Å². The highest BCUT2D eigenvalue weighted by Gasteiger charge is 2.51. The van der Waals surface area contributed by atoms with Crippen LogP contribution < -0.4 is 14.5 Å². The fourth-order valence-corrected chi connectivity index (χ4v) is 14.7. The van der Waals surface area contributed by atoms with Crippen LogP contribution in [-0.2, 0) is 16.2 Å². The van der Waals surface area contributed by atoms with Gasteiger partial charge in [0.25, 0.3) is 0 Å². The minimum Gasteiger partial charge on any atom is -0.473 e. The van der Waals surface area contributed by atoms with E-state index in [1.54, 1.807) is 6.20 Å². The minimum absolute atomic E-state index is 0.0132. The Morgan fingerprint density at radius 2 is 1.07 bits per heavy atom. The number of aromatic nitrogens is 2. The second-order valence-electron chi connectivity index (χ2n) is 25.5. The molecule has 1 fully saturated rings. The molecule has 4 aromatic heterocycles. The molecule has 7 nitrogen and oxygen atoms in total. The number of fused-ring (bicyclic) bond motifs is 15. The lowest BCUT2D eigenvalue weighted by Crippen LogP contribution is -2.41. The van der Waals surface area contributed by atoms with Gasteiger partial charge < -0.3 is 23.4 Å². The van der Waals surface area contributed by atoms with Crippen molar-refractivity contribution < 1.29 is 13.6 Å². The average molecular weight is 1090 g/mol. The van der Waals surface area contributed by atoms with Gasteiger partial charge in [-0.25, -0.2) is 9.97 Å². The number of hydrogen-bond acceptors (Lipinski definition) is 7. The van der Waals surface area contributed by atoms with Crippen LogP contribution in [0.4, 0.5) is 28.4 Å². The second-order valence-corrected chi connectivity index (χ2v) is 25.5. The molecule has 7 heteroatoms. The zero-order valence-electron chi connectivity index (χ0n) is 48.2. The van der Waals surface area contributed by atoms with Crippen LogP contribution in [0, 0.1) is 0 Å². The van der Waals surface area contributed by atoms with Crippen molar-refractivity contribution in [2.24, 2.45) is 0 Å². The van der Waals surface area contributed by atoms with E-state index in [1.807, 2.05) is 12.3 Å². The van der Waals surface area contributed by atoms with Gasteiger partial charge in [0.05, 0.1) is 16.5 Å². The largest absolute Gasteiger partial charge is 0.473 e. The van der Waals surface area contributed by atoms with E-state index in [-0.39, 0.29) is 23.0 Å². The van der Waals surface area contributed by atoms with Crippen LogP contribution in [0.5, 0.6) is 5.88 Å².